The number of halogens is 1. The largest absolute Gasteiger partial charge is 0.426 e. The molecule has 0 radical (unpaired) electrons. The maximum absolute atomic E-state index is 12.4. The predicted octanol–water partition coefficient (Wildman–Crippen LogP) is 3.45. The molecule has 0 fully saturated rings. The molecule has 0 spiro atoms. The molecule has 96 valence electrons. The highest BCUT2D eigenvalue weighted by atomic mass is 127. The molecule has 2 rings (SSSR count). The van der Waals surface area contributed by atoms with Crippen LogP contribution in [0.5, 0.6) is 5.75 Å². The van der Waals surface area contributed by atoms with Crippen LogP contribution < -0.4 is 4.74 Å². The van der Waals surface area contributed by atoms with Gasteiger partial charge >= 0.3 is 5.97 Å². The minimum atomic E-state index is -0.442. The van der Waals surface area contributed by atoms with E-state index in [9.17, 15) is 9.59 Å². The van der Waals surface area contributed by atoms with Crippen molar-refractivity contribution in [1.82, 2.24) is 0 Å². The Bertz CT molecular complexity index is 635. The van der Waals surface area contributed by atoms with Crippen molar-refractivity contribution < 1.29 is 14.3 Å². The first kappa shape index (κ1) is 13.7. The van der Waals surface area contributed by atoms with Crippen LogP contribution in [0.4, 0.5) is 0 Å². The first-order valence-corrected chi connectivity index (χ1v) is 6.73. The molecular weight excluding hydrogens is 355 g/mol. The first-order valence-electron chi connectivity index (χ1n) is 5.65. The lowest BCUT2D eigenvalue weighted by molar-refractivity contribution is -0.131. The molecular formula is C15H11IO3. The van der Waals surface area contributed by atoms with Gasteiger partial charge in [0, 0.05) is 16.1 Å². The van der Waals surface area contributed by atoms with Crippen LogP contribution >= 0.6 is 22.6 Å². The van der Waals surface area contributed by atoms with Gasteiger partial charge in [-0.1, -0.05) is 24.3 Å². The Morgan fingerprint density at radius 3 is 2.47 bits per heavy atom. The van der Waals surface area contributed by atoms with Gasteiger partial charge in [0.15, 0.2) is 5.78 Å². The van der Waals surface area contributed by atoms with Crippen molar-refractivity contribution in [3.63, 3.8) is 0 Å². The molecule has 0 amide bonds. The smallest absolute Gasteiger partial charge is 0.308 e. The zero-order valence-corrected chi connectivity index (χ0v) is 12.4. The average Bonchev–Trinajstić information content (AvgIpc) is 2.38. The molecule has 0 N–H and O–H groups in total. The quantitative estimate of drug-likeness (QED) is 0.362. The molecule has 0 heterocycles. The van der Waals surface area contributed by atoms with Gasteiger partial charge in [0.1, 0.15) is 5.75 Å². The maximum atomic E-state index is 12.4. The Balaban J connectivity index is 2.41. The number of hydrogen-bond acceptors (Lipinski definition) is 3. The van der Waals surface area contributed by atoms with E-state index in [0.717, 1.165) is 3.57 Å². The minimum absolute atomic E-state index is 0.157. The van der Waals surface area contributed by atoms with Crippen LogP contribution in [0.2, 0.25) is 0 Å². The van der Waals surface area contributed by atoms with E-state index in [1.807, 2.05) is 12.1 Å². The number of hydrogen-bond donors (Lipinski definition) is 0. The summed E-state index contributed by atoms with van der Waals surface area (Å²) in [6.07, 6.45) is 0. The first-order chi connectivity index (χ1) is 9.08. The average molecular weight is 366 g/mol. The molecule has 2 aromatic carbocycles. The van der Waals surface area contributed by atoms with Crippen molar-refractivity contribution in [2.24, 2.45) is 0 Å². The zero-order chi connectivity index (χ0) is 13.8. The summed E-state index contributed by atoms with van der Waals surface area (Å²) < 4.78 is 6.04. The monoisotopic (exact) mass is 366 g/mol. The second kappa shape index (κ2) is 5.97. The molecule has 0 saturated heterocycles. The Labute approximate surface area is 124 Å². The van der Waals surface area contributed by atoms with Gasteiger partial charge < -0.3 is 4.74 Å². The van der Waals surface area contributed by atoms with E-state index in [1.54, 1.807) is 36.4 Å². The molecule has 0 unspecified atom stereocenters. The van der Waals surface area contributed by atoms with Gasteiger partial charge in [0.05, 0.1) is 5.56 Å². The van der Waals surface area contributed by atoms with E-state index in [-0.39, 0.29) is 5.78 Å². The van der Waals surface area contributed by atoms with Gasteiger partial charge in [-0.3, -0.25) is 9.59 Å². The van der Waals surface area contributed by atoms with Gasteiger partial charge in [0.2, 0.25) is 0 Å². The maximum Gasteiger partial charge on any atom is 0.308 e. The molecule has 19 heavy (non-hydrogen) atoms. The van der Waals surface area contributed by atoms with Gasteiger partial charge in [0.25, 0.3) is 0 Å². The van der Waals surface area contributed by atoms with E-state index in [2.05, 4.69) is 22.6 Å². The summed E-state index contributed by atoms with van der Waals surface area (Å²) in [4.78, 5) is 23.5. The summed E-state index contributed by atoms with van der Waals surface area (Å²) in [7, 11) is 0. The highest BCUT2D eigenvalue weighted by molar-refractivity contribution is 14.1. The topological polar surface area (TPSA) is 43.4 Å². The SMILES string of the molecule is CC(=O)Oc1ccccc1C(=O)c1cccc(I)c1. The van der Waals surface area contributed by atoms with Crippen LogP contribution in [0.3, 0.4) is 0 Å². The van der Waals surface area contributed by atoms with Gasteiger partial charge in [-0.2, -0.15) is 0 Å². The molecule has 0 atom stereocenters. The van der Waals surface area contributed by atoms with Crippen molar-refractivity contribution in [2.45, 2.75) is 6.92 Å². The van der Waals surface area contributed by atoms with E-state index < -0.39 is 5.97 Å². The molecule has 0 saturated carbocycles. The van der Waals surface area contributed by atoms with Gasteiger partial charge in [-0.15, -0.1) is 0 Å². The Morgan fingerprint density at radius 1 is 1.05 bits per heavy atom. The number of para-hydroxylation sites is 1. The Hall–Kier alpha value is -1.69. The van der Waals surface area contributed by atoms with Crippen molar-refractivity contribution in [2.75, 3.05) is 0 Å². The van der Waals surface area contributed by atoms with E-state index in [4.69, 9.17) is 4.74 Å². The summed E-state index contributed by atoms with van der Waals surface area (Å²) in [6, 6.07) is 14.0. The summed E-state index contributed by atoms with van der Waals surface area (Å²) in [6.45, 7) is 1.31. The van der Waals surface area contributed by atoms with Crippen LogP contribution in [-0.2, 0) is 4.79 Å². The standard InChI is InChI=1S/C15H11IO3/c1-10(17)19-14-8-3-2-7-13(14)15(18)11-5-4-6-12(16)9-11/h2-9H,1H3. The zero-order valence-electron chi connectivity index (χ0n) is 10.2. The highest BCUT2D eigenvalue weighted by Gasteiger charge is 2.15. The molecule has 4 heteroatoms. The summed E-state index contributed by atoms with van der Waals surface area (Å²) in [5.74, 6) is -0.308. The Morgan fingerprint density at radius 2 is 1.79 bits per heavy atom. The second-order valence-corrected chi connectivity index (χ2v) is 5.17. The number of benzene rings is 2. The van der Waals surface area contributed by atoms with E-state index >= 15 is 0 Å². The molecule has 0 bridgehead atoms. The fourth-order valence-corrected chi connectivity index (χ4v) is 2.23. The molecule has 0 aromatic heterocycles. The van der Waals surface area contributed by atoms with Crippen LogP contribution in [0.15, 0.2) is 48.5 Å². The van der Waals surface area contributed by atoms with Crippen LogP contribution in [0.1, 0.15) is 22.8 Å². The number of rotatable bonds is 3. The van der Waals surface area contributed by atoms with Crippen LogP contribution in [0, 0.1) is 3.57 Å². The minimum Gasteiger partial charge on any atom is -0.426 e. The third-order valence-electron chi connectivity index (χ3n) is 2.47. The summed E-state index contributed by atoms with van der Waals surface area (Å²) >= 11 is 2.15. The molecule has 0 aliphatic heterocycles. The second-order valence-electron chi connectivity index (χ2n) is 3.93. The van der Waals surface area contributed by atoms with E-state index in [0.29, 0.717) is 16.9 Å². The fraction of sp³-hybridized carbons (Fsp3) is 0.0667. The molecule has 2 aromatic rings. The van der Waals surface area contributed by atoms with Crippen LogP contribution in [-0.4, -0.2) is 11.8 Å². The fourth-order valence-electron chi connectivity index (χ4n) is 1.68. The van der Waals surface area contributed by atoms with Crippen molar-refractivity contribution in [3.05, 3.63) is 63.2 Å². The van der Waals surface area contributed by atoms with Crippen LogP contribution in [0.25, 0.3) is 0 Å². The molecule has 3 nitrogen and oxygen atoms in total. The Kier molecular flexibility index (Phi) is 4.31. The normalized spacial score (nSPS) is 10.0. The van der Waals surface area contributed by atoms with Gasteiger partial charge in [-0.05, 0) is 46.9 Å². The number of ether oxygens (including phenoxy) is 1. The highest BCUT2D eigenvalue weighted by Crippen LogP contribution is 2.22. The van der Waals surface area contributed by atoms with E-state index in [1.165, 1.54) is 6.92 Å². The lowest BCUT2D eigenvalue weighted by Crippen LogP contribution is -2.08. The molecule has 0 aliphatic carbocycles. The lowest BCUT2D eigenvalue weighted by atomic mass is 10.0. The van der Waals surface area contributed by atoms with Crippen molar-refractivity contribution in [1.29, 1.82) is 0 Å². The molecule has 0 aliphatic rings. The third-order valence-corrected chi connectivity index (χ3v) is 3.14. The summed E-state index contributed by atoms with van der Waals surface area (Å²) in [5.41, 5.74) is 0.964. The number of esters is 1. The van der Waals surface area contributed by atoms with Crippen molar-refractivity contribution >= 4 is 34.3 Å². The van der Waals surface area contributed by atoms with Gasteiger partial charge in [-0.25, -0.2) is 0 Å². The van der Waals surface area contributed by atoms with Crippen molar-refractivity contribution in [3.8, 4) is 5.75 Å². The number of carbonyl (C=O) groups is 2. The summed E-state index contributed by atoms with van der Waals surface area (Å²) in [5, 5.41) is 0. The number of ketones is 1. The third kappa shape index (κ3) is 3.41. The predicted molar refractivity (Wildman–Crippen MR) is 80.3 cm³/mol. The lowest BCUT2D eigenvalue weighted by Gasteiger charge is -2.08. The number of carbonyl (C=O) groups excluding carboxylic acids is 2.